The first-order chi connectivity index (χ1) is 13.5. The Labute approximate surface area is 164 Å². The van der Waals surface area contributed by atoms with E-state index in [2.05, 4.69) is 34.1 Å². The monoisotopic (exact) mass is 378 g/mol. The average molecular weight is 378 g/mol. The van der Waals surface area contributed by atoms with Crippen molar-refractivity contribution in [2.24, 2.45) is 0 Å². The minimum absolute atomic E-state index is 0.0257. The molecule has 1 aliphatic heterocycles. The van der Waals surface area contributed by atoms with Crippen LogP contribution in [0.3, 0.4) is 0 Å². The number of nitrogens with one attached hydrogen (secondary N) is 1. The van der Waals surface area contributed by atoms with Crippen LogP contribution in [0.15, 0.2) is 47.4 Å². The second kappa shape index (κ2) is 7.78. The van der Waals surface area contributed by atoms with E-state index in [4.69, 9.17) is 9.47 Å². The molecular formula is C23H26N2O3. The van der Waals surface area contributed by atoms with Gasteiger partial charge in [-0.3, -0.25) is 9.69 Å². The highest BCUT2D eigenvalue weighted by Gasteiger charge is 2.23. The van der Waals surface area contributed by atoms with Crippen LogP contribution in [0.1, 0.15) is 28.5 Å². The summed E-state index contributed by atoms with van der Waals surface area (Å²) in [5.74, 6) is 0.864. The van der Waals surface area contributed by atoms with E-state index in [1.54, 1.807) is 13.3 Å². The smallest absolute Gasteiger partial charge is 0.187 e. The fraction of sp³-hybridized carbons (Fsp3) is 0.348. The van der Waals surface area contributed by atoms with E-state index in [1.807, 2.05) is 26.0 Å². The summed E-state index contributed by atoms with van der Waals surface area (Å²) in [7, 11) is 1.68. The summed E-state index contributed by atoms with van der Waals surface area (Å²) < 4.78 is 11.4. The maximum atomic E-state index is 12.2. The van der Waals surface area contributed by atoms with Gasteiger partial charge in [-0.25, -0.2) is 0 Å². The van der Waals surface area contributed by atoms with Crippen molar-refractivity contribution in [1.82, 2.24) is 9.88 Å². The van der Waals surface area contributed by atoms with Crippen molar-refractivity contribution >= 4 is 10.8 Å². The van der Waals surface area contributed by atoms with Crippen LogP contribution in [0, 0.1) is 13.8 Å². The molecule has 28 heavy (non-hydrogen) atoms. The minimum atomic E-state index is 0.0257. The molecule has 5 heteroatoms. The Bertz CT molecular complexity index is 1060. The number of aryl methyl sites for hydroxylation is 1. The predicted molar refractivity (Wildman–Crippen MR) is 111 cm³/mol. The number of morpholine rings is 1. The molecule has 1 fully saturated rings. The zero-order chi connectivity index (χ0) is 19.7. The van der Waals surface area contributed by atoms with Crippen LogP contribution in [-0.2, 0) is 11.3 Å². The standard InChI is InChI=1S/C23H26N2O3/c1-15-12-24-21(16(2)23(15)26)13-25-8-9-28-22(14-25)19-5-4-18-11-20(27-3)7-6-17(18)10-19/h4-7,10-12,22H,8-9,13-14H2,1-3H3,(H,24,26)/t22-/m1/s1. The largest absolute Gasteiger partial charge is 0.497 e. The molecule has 4 rings (SSSR count). The van der Waals surface area contributed by atoms with Gasteiger partial charge in [-0.15, -0.1) is 0 Å². The summed E-state index contributed by atoms with van der Waals surface area (Å²) in [6.45, 7) is 6.81. The van der Waals surface area contributed by atoms with Gasteiger partial charge in [0.05, 0.1) is 19.8 Å². The normalized spacial score (nSPS) is 17.8. The molecule has 1 aromatic heterocycles. The van der Waals surface area contributed by atoms with Crippen molar-refractivity contribution in [3.05, 3.63) is 75.2 Å². The molecule has 1 aliphatic rings. The molecule has 2 heterocycles. The number of rotatable bonds is 4. The molecule has 1 atom stereocenters. The van der Waals surface area contributed by atoms with Gasteiger partial charge in [0.25, 0.3) is 0 Å². The Morgan fingerprint density at radius 2 is 1.96 bits per heavy atom. The van der Waals surface area contributed by atoms with E-state index >= 15 is 0 Å². The molecule has 0 bridgehead atoms. The van der Waals surface area contributed by atoms with Gasteiger partial charge in [-0.1, -0.05) is 18.2 Å². The fourth-order valence-corrected chi connectivity index (χ4v) is 3.81. The molecule has 2 aromatic carbocycles. The summed E-state index contributed by atoms with van der Waals surface area (Å²) in [6.07, 6.45) is 1.83. The Morgan fingerprint density at radius 3 is 2.79 bits per heavy atom. The molecule has 1 saturated heterocycles. The molecular weight excluding hydrogens is 352 g/mol. The zero-order valence-corrected chi connectivity index (χ0v) is 16.6. The molecule has 0 saturated carbocycles. The Morgan fingerprint density at radius 1 is 1.18 bits per heavy atom. The lowest BCUT2D eigenvalue weighted by Gasteiger charge is -2.33. The number of H-pyrrole nitrogens is 1. The third-order valence-electron chi connectivity index (χ3n) is 5.59. The lowest BCUT2D eigenvalue weighted by molar-refractivity contribution is -0.0332. The van der Waals surface area contributed by atoms with Gasteiger partial charge in [0.15, 0.2) is 5.43 Å². The molecule has 0 aliphatic carbocycles. The van der Waals surface area contributed by atoms with Gasteiger partial charge < -0.3 is 14.5 Å². The highest BCUT2D eigenvalue weighted by Crippen LogP contribution is 2.28. The van der Waals surface area contributed by atoms with Crippen molar-refractivity contribution in [2.75, 3.05) is 26.8 Å². The van der Waals surface area contributed by atoms with Gasteiger partial charge in [0.2, 0.25) is 0 Å². The van der Waals surface area contributed by atoms with Crippen molar-refractivity contribution in [1.29, 1.82) is 0 Å². The van der Waals surface area contributed by atoms with Crippen LogP contribution in [0.5, 0.6) is 5.75 Å². The zero-order valence-electron chi connectivity index (χ0n) is 16.6. The van der Waals surface area contributed by atoms with E-state index in [1.165, 1.54) is 10.9 Å². The van der Waals surface area contributed by atoms with Crippen LogP contribution in [0.2, 0.25) is 0 Å². The molecule has 146 valence electrons. The first-order valence-corrected chi connectivity index (χ1v) is 9.64. The summed E-state index contributed by atoms with van der Waals surface area (Å²) in [4.78, 5) is 17.9. The third kappa shape index (κ3) is 3.68. The van der Waals surface area contributed by atoms with Crippen molar-refractivity contribution in [2.45, 2.75) is 26.5 Å². The van der Waals surface area contributed by atoms with Gasteiger partial charge >= 0.3 is 0 Å². The summed E-state index contributed by atoms with van der Waals surface area (Å²) in [5, 5.41) is 2.33. The average Bonchev–Trinajstić information content (AvgIpc) is 2.73. The number of nitrogens with zero attached hydrogens (tertiary/aromatic N) is 1. The Balaban J connectivity index is 1.53. The number of hydrogen-bond donors (Lipinski definition) is 1. The third-order valence-corrected chi connectivity index (χ3v) is 5.59. The van der Waals surface area contributed by atoms with Gasteiger partial charge in [-0.2, -0.15) is 0 Å². The first kappa shape index (κ1) is 18.7. The number of ether oxygens (including phenoxy) is 2. The SMILES string of the molecule is COc1ccc2cc([C@H]3CN(Cc4[nH]cc(C)c(=O)c4C)CCO3)ccc2c1. The molecule has 0 amide bonds. The van der Waals surface area contributed by atoms with Crippen molar-refractivity contribution in [3.8, 4) is 5.75 Å². The number of benzene rings is 2. The highest BCUT2D eigenvalue weighted by molar-refractivity contribution is 5.84. The lowest BCUT2D eigenvalue weighted by atomic mass is 10.0. The Hall–Kier alpha value is -2.63. The molecule has 0 radical (unpaired) electrons. The van der Waals surface area contributed by atoms with Crippen molar-refractivity contribution < 1.29 is 9.47 Å². The van der Waals surface area contributed by atoms with E-state index in [9.17, 15) is 4.79 Å². The summed E-state index contributed by atoms with van der Waals surface area (Å²) in [5.41, 5.74) is 3.86. The van der Waals surface area contributed by atoms with Gasteiger partial charge in [-0.05, 0) is 48.4 Å². The fourth-order valence-electron chi connectivity index (χ4n) is 3.81. The second-order valence-corrected chi connectivity index (χ2v) is 7.47. The maximum absolute atomic E-state index is 12.2. The van der Waals surface area contributed by atoms with E-state index < -0.39 is 0 Å². The number of aromatic amines is 1. The second-order valence-electron chi connectivity index (χ2n) is 7.47. The van der Waals surface area contributed by atoms with E-state index in [0.29, 0.717) is 6.61 Å². The van der Waals surface area contributed by atoms with Gasteiger partial charge in [0, 0.05) is 42.7 Å². The molecule has 5 nitrogen and oxygen atoms in total. The van der Waals surface area contributed by atoms with E-state index in [0.717, 1.165) is 47.6 Å². The van der Waals surface area contributed by atoms with Crippen molar-refractivity contribution in [3.63, 3.8) is 0 Å². The van der Waals surface area contributed by atoms with Crippen LogP contribution in [0.25, 0.3) is 10.8 Å². The molecule has 0 spiro atoms. The number of aromatic nitrogens is 1. The highest BCUT2D eigenvalue weighted by atomic mass is 16.5. The number of pyridine rings is 1. The van der Waals surface area contributed by atoms with Crippen LogP contribution < -0.4 is 10.2 Å². The number of fused-ring (bicyclic) bond motifs is 1. The van der Waals surface area contributed by atoms with Crippen LogP contribution in [0.4, 0.5) is 0 Å². The number of hydrogen-bond acceptors (Lipinski definition) is 4. The first-order valence-electron chi connectivity index (χ1n) is 9.64. The van der Waals surface area contributed by atoms with Crippen LogP contribution >= 0.6 is 0 Å². The summed E-state index contributed by atoms with van der Waals surface area (Å²) >= 11 is 0. The Kier molecular flexibility index (Phi) is 5.20. The lowest BCUT2D eigenvalue weighted by Crippen LogP contribution is -2.38. The minimum Gasteiger partial charge on any atom is -0.497 e. The predicted octanol–water partition coefficient (Wildman–Crippen LogP) is 3.73. The molecule has 3 aromatic rings. The van der Waals surface area contributed by atoms with Crippen LogP contribution in [-0.4, -0.2) is 36.7 Å². The summed E-state index contributed by atoms with van der Waals surface area (Å²) in [6, 6.07) is 12.6. The topological polar surface area (TPSA) is 54.6 Å². The quantitative estimate of drug-likeness (QED) is 0.752. The molecule has 1 N–H and O–H groups in total. The number of methoxy groups -OCH3 is 1. The van der Waals surface area contributed by atoms with Gasteiger partial charge in [0.1, 0.15) is 5.75 Å². The molecule has 0 unspecified atom stereocenters. The maximum Gasteiger partial charge on any atom is 0.187 e. The van der Waals surface area contributed by atoms with E-state index in [-0.39, 0.29) is 11.5 Å².